The fraction of sp³-hybridized carbons (Fsp3) is 0.400. The average molecular weight is 396 g/mol. The van der Waals surface area contributed by atoms with Crippen molar-refractivity contribution in [3.05, 3.63) is 50.6 Å². The molecule has 0 aliphatic heterocycles. The third-order valence-corrected chi connectivity index (χ3v) is 2.78. The molecule has 0 bridgehead atoms. The molecule has 0 aromatic carbocycles. The number of hydrogen-bond donors (Lipinski definition) is 0. The maximum absolute atomic E-state index is 11.0. The molecule has 0 aliphatic carbocycles. The van der Waals surface area contributed by atoms with Crippen LogP contribution in [0.4, 0.5) is 0 Å². The van der Waals surface area contributed by atoms with E-state index in [4.69, 9.17) is 9.47 Å². The van der Waals surface area contributed by atoms with Gasteiger partial charge in [0.05, 0.1) is 0 Å². The Kier molecular flexibility index (Phi) is 18.0. The largest absolute Gasteiger partial charge is 0.459 e. The van der Waals surface area contributed by atoms with E-state index in [1.165, 1.54) is 0 Å². The molecule has 0 fully saturated rings. The number of carbonyl (C=O) groups is 4. The molecule has 8 nitrogen and oxygen atoms in total. The molecule has 0 unspecified atom stereocenters. The predicted molar refractivity (Wildman–Crippen MR) is 103 cm³/mol. The van der Waals surface area contributed by atoms with Gasteiger partial charge in [0.2, 0.25) is 6.29 Å². The molecule has 0 atom stereocenters. The zero-order valence-electron chi connectivity index (χ0n) is 16.2. The van der Waals surface area contributed by atoms with Crippen molar-refractivity contribution in [2.75, 3.05) is 13.2 Å². The number of rotatable bonds is 13. The fourth-order valence-corrected chi connectivity index (χ4v) is 1.46. The zero-order valence-corrected chi connectivity index (χ0v) is 16.2. The van der Waals surface area contributed by atoms with Crippen LogP contribution < -0.4 is 0 Å². The maximum atomic E-state index is 11.0. The number of carbonyl (C=O) groups excluding carboxylic acids is 4. The summed E-state index contributed by atoms with van der Waals surface area (Å²) in [5.74, 6) is -2.27. The first kappa shape index (κ1) is 27.1. The van der Waals surface area contributed by atoms with Crippen LogP contribution in [-0.2, 0) is 38.1 Å². The molecule has 0 aromatic heterocycles. The van der Waals surface area contributed by atoms with E-state index in [1.807, 2.05) is 0 Å². The van der Waals surface area contributed by atoms with E-state index >= 15 is 0 Å². The van der Waals surface area contributed by atoms with E-state index in [0.29, 0.717) is 6.42 Å². The number of unbranched alkanes of at least 4 members (excludes halogenated alkanes) is 2. The van der Waals surface area contributed by atoms with Crippen LogP contribution in [0.15, 0.2) is 50.6 Å². The molecule has 0 radical (unpaired) electrons. The third kappa shape index (κ3) is 17.7. The molecule has 0 aromatic rings. The molecule has 0 saturated carbocycles. The Hall–Kier alpha value is -3.16. The van der Waals surface area contributed by atoms with Crippen LogP contribution in [-0.4, -0.2) is 43.4 Å². The second kappa shape index (κ2) is 18.6. The molecular formula is C20H28O8. The SMILES string of the molecule is C=CC(=O)OC(CCCCC)OC(=O)C=C.C=CC(=O)OCCOC(=O)C=C. The molecule has 28 heavy (non-hydrogen) atoms. The van der Waals surface area contributed by atoms with Crippen LogP contribution in [0.5, 0.6) is 0 Å². The molecule has 0 spiro atoms. The molecule has 0 rings (SSSR count). The minimum absolute atomic E-state index is 0.0322. The summed E-state index contributed by atoms with van der Waals surface area (Å²) in [7, 11) is 0. The lowest BCUT2D eigenvalue weighted by Gasteiger charge is -2.16. The molecule has 8 heteroatoms. The number of ether oxygens (including phenoxy) is 4. The second-order valence-electron chi connectivity index (χ2n) is 4.95. The maximum Gasteiger partial charge on any atom is 0.333 e. The highest BCUT2D eigenvalue weighted by atomic mass is 16.7. The first-order chi connectivity index (χ1) is 13.3. The van der Waals surface area contributed by atoms with Gasteiger partial charge < -0.3 is 18.9 Å². The van der Waals surface area contributed by atoms with E-state index in [9.17, 15) is 19.2 Å². The lowest BCUT2D eigenvalue weighted by molar-refractivity contribution is -0.182. The van der Waals surface area contributed by atoms with E-state index in [-0.39, 0.29) is 13.2 Å². The quantitative estimate of drug-likeness (QED) is 0.154. The summed E-state index contributed by atoms with van der Waals surface area (Å²) in [5, 5.41) is 0. The van der Waals surface area contributed by atoms with Crippen molar-refractivity contribution in [3.8, 4) is 0 Å². The van der Waals surface area contributed by atoms with E-state index in [1.54, 1.807) is 0 Å². The molecule has 156 valence electrons. The van der Waals surface area contributed by atoms with Gasteiger partial charge in [-0.05, 0) is 6.42 Å². The lowest BCUT2D eigenvalue weighted by Crippen LogP contribution is -2.23. The van der Waals surface area contributed by atoms with Crippen LogP contribution in [0.2, 0.25) is 0 Å². The van der Waals surface area contributed by atoms with E-state index in [0.717, 1.165) is 43.6 Å². The number of esters is 4. The Labute approximate surface area is 165 Å². The molecule has 0 N–H and O–H groups in total. The van der Waals surface area contributed by atoms with Crippen molar-refractivity contribution < 1.29 is 38.1 Å². The third-order valence-electron chi connectivity index (χ3n) is 2.78. The Morgan fingerprint density at radius 1 is 0.714 bits per heavy atom. The molecular weight excluding hydrogens is 368 g/mol. The Morgan fingerprint density at radius 2 is 1.11 bits per heavy atom. The Bertz CT molecular complexity index is 506. The summed E-state index contributed by atoms with van der Waals surface area (Å²) in [5.41, 5.74) is 0. The molecule has 0 aliphatic rings. The topological polar surface area (TPSA) is 105 Å². The van der Waals surface area contributed by atoms with Gasteiger partial charge in [0.15, 0.2) is 0 Å². The van der Waals surface area contributed by atoms with Gasteiger partial charge in [0, 0.05) is 30.7 Å². The van der Waals surface area contributed by atoms with Crippen LogP contribution in [0.25, 0.3) is 0 Å². The van der Waals surface area contributed by atoms with Crippen LogP contribution in [0, 0.1) is 0 Å². The minimum atomic E-state index is -0.845. The summed E-state index contributed by atoms with van der Waals surface area (Å²) in [6.45, 7) is 15.1. The zero-order chi connectivity index (χ0) is 21.8. The highest BCUT2D eigenvalue weighted by Crippen LogP contribution is 2.09. The predicted octanol–water partition coefficient (Wildman–Crippen LogP) is 2.80. The van der Waals surface area contributed by atoms with Gasteiger partial charge in [0.1, 0.15) is 13.2 Å². The van der Waals surface area contributed by atoms with Crippen LogP contribution in [0.3, 0.4) is 0 Å². The van der Waals surface area contributed by atoms with Gasteiger partial charge in [-0.25, -0.2) is 19.2 Å². The standard InChI is InChI=1S/C12H18O4.C8H10O4/c1-4-7-8-9-12(15-10(13)5-2)16-11(14)6-3;1-3-7(9)11-5-6-12-8(10)4-2/h5-6,12H,2-4,7-9H2,1H3;3-4H,1-2,5-6H2. The van der Waals surface area contributed by atoms with Crippen LogP contribution >= 0.6 is 0 Å². The van der Waals surface area contributed by atoms with Crippen molar-refractivity contribution in [2.24, 2.45) is 0 Å². The number of hydrogen-bond acceptors (Lipinski definition) is 8. The van der Waals surface area contributed by atoms with Crippen molar-refractivity contribution in [3.63, 3.8) is 0 Å². The lowest BCUT2D eigenvalue weighted by atomic mass is 10.2. The van der Waals surface area contributed by atoms with E-state index < -0.39 is 30.2 Å². The van der Waals surface area contributed by atoms with Crippen molar-refractivity contribution in [1.82, 2.24) is 0 Å². The summed E-state index contributed by atoms with van der Waals surface area (Å²) in [4.78, 5) is 42.8. The second-order valence-corrected chi connectivity index (χ2v) is 4.95. The Morgan fingerprint density at radius 3 is 1.43 bits per heavy atom. The summed E-state index contributed by atoms with van der Waals surface area (Å²) < 4.78 is 18.8. The summed E-state index contributed by atoms with van der Waals surface area (Å²) in [6.07, 6.45) is 6.66. The highest BCUT2D eigenvalue weighted by Gasteiger charge is 2.15. The van der Waals surface area contributed by atoms with Crippen LogP contribution in [0.1, 0.15) is 32.6 Å². The van der Waals surface area contributed by atoms with Crippen molar-refractivity contribution in [1.29, 1.82) is 0 Å². The first-order valence-electron chi connectivity index (χ1n) is 8.58. The minimum Gasteiger partial charge on any atom is -0.459 e. The van der Waals surface area contributed by atoms with Gasteiger partial charge >= 0.3 is 23.9 Å². The summed E-state index contributed by atoms with van der Waals surface area (Å²) in [6, 6.07) is 0. The van der Waals surface area contributed by atoms with Crippen molar-refractivity contribution in [2.45, 2.75) is 38.9 Å². The smallest absolute Gasteiger partial charge is 0.333 e. The highest BCUT2D eigenvalue weighted by molar-refractivity contribution is 5.83. The van der Waals surface area contributed by atoms with Crippen molar-refractivity contribution >= 4 is 23.9 Å². The van der Waals surface area contributed by atoms with E-state index in [2.05, 4.69) is 42.7 Å². The van der Waals surface area contributed by atoms with Gasteiger partial charge in [-0.15, -0.1) is 0 Å². The van der Waals surface area contributed by atoms with Gasteiger partial charge in [-0.3, -0.25) is 0 Å². The molecule has 0 saturated heterocycles. The first-order valence-corrected chi connectivity index (χ1v) is 8.58. The van der Waals surface area contributed by atoms with Gasteiger partial charge in [0.25, 0.3) is 0 Å². The Balaban J connectivity index is 0. The van der Waals surface area contributed by atoms with Gasteiger partial charge in [-0.2, -0.15) is 0 Å². The molecule has 0 heterocycles. The molecule has 0 amide bonds. The normalized spacial score (nSPS) is 9.07. The van der Waals surface area contributed by atoms with Gasteiger partial charge in [-0.1, -0.05) is 46.1 Å². The fourth-order valence-electron chi connectivity index (χ4n) is 1.46. The average Bonchev–Trinajstić information content (AvgIpc) is 2.70. The summed E-state index contributed by atoms with van der Waals surface area (Å²) >= 11 is 0. The monoisotopic (exact) mass is 396 g/mol.